The average molecular weight is 418 g/mol. The van der Waals surface area contributed by atoms with Crippen LogP contribution < -0.4 is 19.3 Å². The number of carbonyl (C=O) groups excluding carboxylic acids is 1. The lowest BCUT2D eigenvalue weighted by atomic mass is 10.2. The molecule has 1 unspecified atom stereocenters. The lowest BCUT2D eigenvalue weighted by molar-refractivity contribution is -0.117. The van der Waals surface area contributed by atoms with Gasteiger partial charge in [-0.2, -0.15) is 0 Å². The fourth-order valence-electron chi connectivity index (χ4n) is 3.43. The van der Waals surface area contributed by atoms with Crippen molar-refractivity contribution < 1.29 is 17.9 Å². The van der Waals surface area contributed by atoms with Gasteiger partial charge in [0.25, 0.3) is 10.0 Å². The van der Waals surface area contributed by atoms with Gasteiger partial charge in [-0.25, -0.2) is 8.42 Å². The molecule has 0 saturated heterocycles. The van der Waals surface area contributed by atoms with Crippen molar-refractivity contribution in [1.82, 2.24) is 0 Å². The summed E-state index contributed by atoms with van der Waals surface area (Å²) in [6.45, 7) is 9.61. The first-order valence-electron chi connectivity index (χ1n) is 9.71. The molecular weight excluding hydrogens is 390 g/mol. The van der Waals surface area contributed by atoms with E-state index in [-0.39, 0.29) is 16.9 Å². The number of nitrogens with one attached hydrogen (secondary N) is 1. The molecule has 0 aromatic heterocycles. The zero-order valence-electron chi connectivity index (χ0n) is 17.2. The molecule has 0 spiro atoms. The van der Waals surface area contributed by atoms with Gasteiger partial charge in [0.2, 0.25) is 5.91 Å². The van der Waals surface area contributed by atoms with E-state index < -0.39 is 10.0 Å². The lowest BCUT2D eigenvalue weighted by Crippen LogP contribution is -2.41. The largest absolute Gasteiger partial charge is 0.487 e. The quantitative estimate of drug-likeness (QED) is 0.779. The third-order valence-corrected chi connectivity index (χ3v) is 6.31. The Hall–Kier alpha value is -2.74. The number of hydrogen-bond acceptors (Lipinski definition) is 5. The van der Waals surface area contributed by atoms with Crippen LogP contribution in [0.3, 0.4) is 0 Å². The minimum atomic E-state index is -3.81. The minimum absolute atomic E-state index is 0.0773. The zero-order chi connectivity index (χ0) is 21.2. The van der Waals surface area contributed by atoms with Crippen LogP contribution in [0.5, 0.6) is 5.75 Å². The highest BCUT2D eigenvalue weighted by Gasteiger charge is 2.28. The van der Waals surface area contributed by atoms with Gasteiger partial charge in [-0.3, -0.25) is 9.52 Å². The molecule has 3 rings (SSSR count). The number of carbonyl (C=O) groups is 1. The molecule has 0 bridgehead atoms. The average Bonchev–Trinajstić information content (AvgIpc) is 2.68. The van der Waals surface area contributed by atoms with E-state index in [1.54, 1.807) is 23.1 Å². The fraction of sp³-hybridized carbons (Fsp3) is 0.381. The van der Waals surface area contributed by atoms with Gasteiger partial charge in [-0.1, -0.05) is 0 Å². The van der Waals surface area contributed by atoms with Crippen LogP contribution in [0.1, 0.15) is 27.7 Å². The van der Waals surface area contributed by atoms with Gasteiger partial charge in [-0.05, 0) is 63.2 Å². The van der Waals surface area contributed by atoms with Gasteiger partial charge >= 0.3 is 0 Å². The maximum atomic E-state index is 12.9. The van der Waals surface area contributed by atoms with Crippen LogP contribution in [0.2, 0.25) is 0 Å². The summed E-state index contributed by atoms with van der Waals surface area (Å²) in [5, 5.41) is 0. The number of benzene rings is 2. The minimum Gasteiger partial charge on any atom is -0.487 e. The second kappa shape index (κ2) is 8.32. The van der Waals surface area contributed by atoms with E-state index in [0.29, 0.717) is 23.7 Å². The molecule has 2 aromatic carbocycles. The second-order valence-corrected chi connectivity index (χ2v) is 8.69. The first-order valence-corrected chi connectivity index (χ1v) is 11.2. The van der Waals surface area contributed by atoms with Gasteiger partial charge in [0.05, 0.1) is 17.1 Å². The third kappa shape index (κ3) is 4.48. The molecule has 156 valence electrons. The van der Waals surface area contributed by atoms with E-state index in [2.05, 4.69) is 23.5 Å². The number of sulfonamides is 1. The van der Waals surface area contributed by atoms with Crippen molar-refractivity contribution in [1.29, 1.82) is 0 Å². The van der Waals surface area contributed by atoms with Crippen molar-refractivity contribution in [3.8, 4) is 5.75 Å². The summed E-state index contributed by atoms with van der Waals surface area (Å²) in [6.07, 6.45) is -0.156. The summed E-state index contributed by atoms with van der Waals surface area (Å²) in [5.41, 5.74) is 1.98. The van der Waals surface area contributed by atoms with E-state index in [4.69, 9.17) is 4.74 Å². The monoisotopic (exact) mass is 417 g/mol. The topological polar surface area (TPSA) is 79.0 Å². The van der Waals surface area contributed by atoms with Crippen molar-refractivity contribution in [2.24, 2.45) is 0 Å². The van der Waals surface area contributed by atoms with E-state index in [9.17, 15) is 13.2 Å². The summed E-state index contributed by atoms with van der Waals surface area (Å²) in [4.78, 5) is 15.8. The van der Waals surface area contributed by atoms with Crippen molar-refractivity contribution in [2.45, 2.75) is 38.7 Å². The molecule has 29 heavy (non-hydrogen) atoms. The van der Waals surface area contributed by atoms with Gasteiger partial charge in [-0.15, -0.1) is 0 Å². The van der Waals surface area contributed by atoms with Gasteiger partial charge in [0.1, 0.15) is 11.9 Å². The summed E-state index contributed by atoms with van der Waals surface area (Å²) < 4.78 is 34.1. The highest BCUT2D eigenvalue weighted by molar-refractivity contribution is 7.92. The number of amides is 1. The van der Waals surface area contributed by atoms with Crippen molar-refractivity contribution in [2.75, 3.05) is 34.2 Å². The number of fused-ring (bicyclic) bond motifs is 1. The Morgan fingerprint density at radius 2 is 1.83 bits per heavy atom. The van der Waals surface area contributed by atoms with E-state index in [0.717, 1.165) is 18.8 Å². The van der Waals surface area contributed by atoms with Crippen LogP contribution in [0.25, 0.3) is 0 Å². The first kappa shape index (κ1) is 21.0. The smallest absolute Gasteiger partial charge is 0.261 e. The van der Waals surface area contributed by atoms with Gasteiger partial charge < -0.3 is 14.5 Å². The van der Waals surface area contributed by atoms with Gasteiger partial charge in [0, 0.05) is 31.4 Å². The maximum absolute atomic E-state index is 12.9. The van der Waals surface area contributed by atoms with Crippen LogP contribution in [0, 0.1) is 0 Å². The Bertz CT molecular complexity index is 985. The molecule has 1 aliphatic rings. The van der Waals surface area contributed by atoms with Crippen molar-refractivity contribution >= 4 is 33.0 Å². The SMILES string of the molecule is CCN(CC)c1ccc(NS(=O)(=O)c2ccc3c(c2)N(C(C)=O)CC(C)O3)cc1. The van der Waals surface area contributed by atoms with Crippen LogP contribution in [-0.2, 0) is 14.8 Å². The Labute approximate surface area is 172 Å². The van der Waals surface area contributed by atoms with Crippen LogP contribution in [0.4, 0.5) is 17.1 Å². The van der Waals surface area contributed by atoms with Gasteiger partial charge in [0.15, 0.2) is 0 Å². The lowest BCUT2D eigenvalue weighted by Gasteiger charge is -2.33. The predicted octanol–water partition coefficient (Wildman–Crippen LogP) is 3.47. The maximum Gasteiger partial charge on any atom is 0.261 e. The Morgan fingerprint density at radius 3 is 2.41 bits per heavy atom. The molecule has 1 N–H and O–H groups in total. The first-order chi connectivity index (χ1) is 13.7. The zero-order valence-corrected chi connectivity index (χ0v) is 18.0. The molecule has 1 atom stereocenters. The van der Waals surface area contributed by atoms with Crippen LogP contribution >= 0.6 is 0 Å². The molecular formula is C21H27N3O4S. The molecule has 1 aliphatic heterocycles. The van der Waals surface area contributed by atoms with Crippen LogP contribution in [-0.4, -0.2) is 40.1 Å². The standard InChI is InChI=1S/C21H27N3O4S/c1-5-23(6-2)18-9-7-17(8-10-18)22-29(26,27)19-11-12-21-20(13-19)24(16(4)25)14-15(3)28-21/h7-13,15,22H,5-6,14H2,1-4H3. The molecule has 1 heterocycles. The third-order valence-electron chi connectivity index (χ3n) is 4.93. The van der Waals surface area contributed by atoms with E-state index >= 15 is 0 Å². The Kier molecular flexibility index (Phi) is 6.02. The highest BCUT2D eigenvalue weighted by Crippen LogP contribution is 2.36. The predicted molar refractivity (Wildman–Crippen MR) is 115 cm³/mol. The molecule has 0 saturated carbocycles. The molecule has 2 aromatic rings. The number of nitrogens with zero attached hydrogens (tertiary/aromatic N) is 2. The molecule has 0 fully saturated rings. The summed E-state index contributed by atoms with van der Waals surface area (Å²) in [5.74, 6) is 0.345. The van der Waals surface area contributed by atoms with E-state index in [1.165, 1.54) is 19.1 Å². The van der Waals surface area contributed by atoms with Crippen molar-refractivity contribution in [3.05, 3.63) is 42.5 Å². The molecule has 0 radical (unpaired) electrons. The number of anilines is 3. The molecule has 8 heteroatoms. The van der Waals surface area contributed by atoms with E-state index in [1.807, 2.05) is 19.1 Å². The normalized spacial score (nSPS) is 16.0. The molecule has 7 nitrogen and oxygen atoms in total. The molecule has 1 amide bonds. The number of hydrogen-bond donors (Lipinski definition) is 1. The summed E-state index contributed by atoms with van der Waals surface area (Å²) in [7, 11) is -3.81. The Morgan fingerprint density at radius 1 is 1.17 bits per heavy atom. The number of rotatable bonds is 6. The van der Waals surface area contributed by atoms with Crippen LogP contribution in [0.15, 0.2) is 47.4 Å². The summed E-state index contributed by atoms with van der Waals surface area (Å²) in [6, 6.07) is 11.8. The highest BCUT2D eigenvalue weighted by atomic mass is 32.2. The van der Waals surface area contributed by atoms with Crippen molar-refractivity contribution in [3.63, 3.8) is 0 Å². The molecule has 0 aliphatic carbocycles. The number of ether oxygens (including phenoxy) is 1. The second-order valence-electron chi connectivity index (χ2n) is 7.01. The summed E-state index contributed by atoms with van der Waals surface area (Å²) >= 11 is 0. The fourth-order valence-corrected chi connectivity index (χ4v) is 4.50. The Balaban J connectivity index is 1.87.